The summed E-state index contributed by atoms with van der Waals surface area (Å²) in [6.45, 7) is 4.03. The molecule has 1 N–H and O–H groups in total. The topological polar surface area (TPSA) is 20.2 Å². The van der Waals surface area contributed by atoms with Gasteiger partial charge in [0.2, 0.25) is 0 Å². The molecule has 0 aliphatic rings. The van der Waals surface area contributed by atoms with Crippen LogP contribution in [0.3, 0.4) is 0 Å². The minimum Gasteiger partial charge on any atom is -0.508 e. The molecule has 1 aromatic carbocycles. The fourth-order valence-electron chi connectivity index (χ4n) is 1.17. The molecule has 1 aromatic rings. The Morgan fingerprint density at radius 1 is 1.54 bits per heavy atom. The zero-order valence-corrected chi connectivity index (χ0v) is 9.23. The Morgan fingerprint density at radius 3 is 2.69 bits per heavy atom. The maximum absolute atomic E-state index is 12.9. The number of hydrogen-bond donors (Lipinski definition) is 1. The van der Waals surface area contributed by atoms with Crippen molar-refractivity contribution >= 4 is 15.9 Å². The summed E-state index contributed by atoms with van der Waals surface area (Å²) in [6.07, 6.45) is 0.922. The quantitative estimate of drug-likeness (QED) is 0.842. The normalized spacial score (nSPS) is 12.9. The molecule has 1 nitrogen and oxygen atoms in total. The zero-order valence-electron chi connectivity index (χ0n) is 7.64. The van der Waals surface area contributed by atoms with E-state index in [1.54, 1.807) is 6.07 Å². The first kappa shape index (κ1) is 10.5. The van der Waals surface area contributed by atoms with Crippen LogP contribution in [0.2, 0.25) is 0 Å². The third-order valence-corrected chi connectivity index (χ3v) is 2.82. The van der Waals surface area contributed by atoms with E-state index in [0.717, 1.165) is 18.1 Å². The summed E-state index contributed by atoms with van der Waals surface area (Å²) in [5, 5.41) is 9.46. The molecule has 1 unspecified atom stereocenters. The molecule has 0 aliphatic heterocycles. The number of hydrogen-bond acceptors (Lipinski definition) is 1. The lowest BCUT2D eigenvalue weighted by Gasteiger charge is -2.11. The van der Waals surface area contributed by atoms with E-state index in [2.05, 4.69) is 15.9 Å². The van der Waals surface area contributed by atoms with Crippen LogP contribution in [-0.2, 0) is 0 Å². The van der Waals surface area contributed by atoms with E-state index < -0.39 is 5.82 Å². The summed E-state index contributed by atoms with van der Waals surface area (Å²) in [7, 11) is 0. The first-order valence-electron chi connectivity index (χ1n) is 4.24. The van der Waals surface area contributed by atoms with Crippen LogP contribution in [0.25, 0.3) is 0 Å². The maximum atomic E-state index is 12.9. The maximum Gasteiger partial charge on any atom is 0.141 e. The van der Waals surface area contributed by atoms with Crippen molar-refractivity contribution < 1.29 is 9.50 Å². The molecule has 0 aromatic heterocycles. The second kappa shape index (κ2) is 4.09. The van der Waals surface area contributed by atoms with E-state index >= 15 is 0 Å². The highest BCUT2D eigenvalue weighted by Gasteiger charge is 2.11. The average molecular weight is 247 g/mol. The number of phenols is 1. The van der Waals surface area contributed by atoms with E-state index in [9.17, 15) is 9.50 Å². The molecule has 3 heteroatoms. The first-order chi connectivity index (χ1) is 6.06. The van der Waals surface area contributed by atoms with E-state index in [-0.39, 0.29) is 11.7 Å². The van der Waals surface area contributed by atoms with Gasteiger partial charge in [0, 0.05) is 6.07 Å². The van der Waals surface area contributed by atoms with Crippen LogP contribution in [0.5, 0.6) is 5.75 Å². The second-order valence-electron chi connectivity index (χ2n) is 3.13. The second-order valence-corrected chi connectivity index (χ2v) is 3.99. The van der Waals surface area contributed by atoms with Crippen molar-refractivity contribution in [2.24, 2.45) is 0 Å². The molecule has 13 heavy (non-hydrogen) atoms. The number of phenolic OH excluding ortho intramolecular Hbond substituents is 1. The van der Waals surface area contributed by atoms with Crippen molar-refractivity contribution in [3.8, 4) is 5.75 Å². The van der Waals surface area contributed by atoms with Crippen LogP contribution in [0.1, 0.15) is 31.7 Å². The highest BCUT2D eigenvalue weighted by atomic mass is 79.9. The van der Waals surface area contributed by atoms with Crippen molar-refractivity contribution in [2.75, 3.05) is 0 Å². The van der Waals surface area contributed by atoms with Gasteiger partial charge < -0.3 is 5.11 Å². The fourth-order valence-corrected chi connectivity index (χ4v) is 1.53. The summed E-state index contributed by atoms with van der Waals surface area (Å²) in [6, 6.07) is 2.78. The summed E-state index contributed by atoms with van der Waals surface area (Å²) in [4.78, 5) is 0. The molecule has 1 rings (SSSR count). The number of aromatic hydroxyl groups is 1. The molecule has 1 atom stereocenters. The van der Waals surface area contributed by atoms with E-state index in [1.807, 2.05) is 13.8 Å². The van der Waals surface area contributed by atoms with Crippen LogP contribution < -0.4 is 0 Å². The molecule has 0 bridgehead atoms. The van der Waals surface area contributed by atoms with Crippen molar-refractivity contribution in [1.29, 1.82) is 0 Å². The minimum absolute atomic E-state index is 0.0371. The molecule has 0 saturated heterocycles. The largest absolute Gasteiger partial charge is 0.508 e. The molecule has 72 valence electrons. The predicted octanol–water partition coefficient (Wildman–Crippen LogP) is 3.81. The van der Waals surface area contributed by atoms with Crippen molar-refractivity contribution in [2.45, 2.75) is 26.2 Å². The molecular weight excluding hydrogens is 235 g/mol. The zero-order chi connectivity index (χ0) is 10.0. The van der Waals surface area contributed by atoms with Gasteiger partial charge >= 0.3 is 0 Å². The van der Waals surface area contributed by atoms with Crippen LogP contribution in [0.4, 0.5) is 4.39 Å². The van der Waals surface area contributed by atoms with Gasteiger partial charge in [-0.05, 0) is 39.9 Å². The lowest BCUT2D eigenvalue weighted by Crippen LogP contribution is -1.93. The molecule has 0 amide bonds. The Kier molecular flexibility index (Phi) is 3.31. The highest BCUT2D eigenvalue weighted by Crippen LogP contribution is 2.32. The molecule has 0 aliphatic carbocycles. The van der Waals surface area contributed by atoms with E-state index in [4.69, 9.17) is 0 Å². The smallest absolute Gasteiger partial charge is 0.141 e. The molecular formula is C10H12BrFO. The fraction of sp³-hybridized carbons (Fsp3) is 0.400. The Hall–Kier alpha value is -0.570. The van der Waals surface area contributed by atoms with Gasteiger partial charge in [0.15, 0.2) is 0 Å². The number of rotatable bonds is 2. The Labute approximate surface area is 85.7 Å². The SMILES string of the molecule is CCC(C)c1cc(Br)c(F)cc1O. The van der Waals surface area contributed by atoms with Gasteiger partial charge in [-0.3, -0.25) is 0 Å². The Morgan fingerprint density at radius 2 is 2.15 bits per heavy atom. The number of halogens is 2. The summed E-state index contributed by atoms with van der Waals surface area (Å²) in [5.41, 5.74) is 0.788. The summed E-state index contributed by atoms with van der Waals surface area (Å²) < 4.78 is 13.3. The predicted molar refractivity (Wildman–Crippen MR) is 54.5 cm³/mol. The lowest BCUT2D eigenvalue weighted by atomic mass is 9.98. The minimum atomic E-state index is -0.426. The average Bonchev–Trinajstić information content (AvgIpc) is 2.10. The van der Waals surface area contributed by atoms with Crippen molar-refractivity contribution in [3.05, 3.63) is 28.0 Å². The van der Waals surface area contributed by atoms with Crippen LogP contribution >= 0.6 is 15.9 Å². The Balaban J connectivity index is 3.15. The number of benzene rings is 1. The standard InChI is InChI=1S/C10H12BrFO/c1-3-6(2)7-4-8(11)9(12)5-10(7)13/h4-6,13H,3H2,1-2H3. The van der Waals surface area contributed by atoms with Crippen LogP contribution in [-0.4, -0.2) is 5.11 Å². The van der Waals surface area contributed by atoms with Crippen molar-refractivity contribution in [3.63, 3.8) is 0 Å². The van der Waals surface area contributed by atoms with Gasteiger partial charge in [-0.15, -0.1) is 0 Å². The molecule has 0 saturated carbocycles. The Bertz CT molecular complexity index is 312. The summed E-state index contributed by atoms with van der Waals surface area (Å²) in [5.74, 6) is -0.142. The first-order valence-corrected chi connectivity index (χ1v) is 5.03. The van der Waals surface area contributed by atoms with Crippen LogP contribution in [0.15, 0.2) is 16.6 Å². The van der Waals surface area contributed by atoms with Gasteiger partial charge in [0.1, 0.15) is 11.6 Å². The third-order valence-electron chi connectivity index (χ3n) is 2.21. The third kappa shape index (κ3) is 2.21. The van der Waals surface area contributed by atoms with Crippen molar-refractivity contribution in [1.82, 2.24) is 0 Å². The molecule has 0 heterocycles. The van der Waals surface area contributed by atoms with E-state index in [1.165, 1.54) is 0 Å². The highest BCUT2D eigenvalue weighted by molar-refractivity contribution is 9.10. The monoisotopic (exact) mass is 246 g/mol. The van der Waals surface area contributed by atoms with Gasteiger partial charge in [-0.25, -0.2) is 4.39 Å². The van der Waals surface area contributed by atoms with Gasteiger partial charge in [0.25, 0.3) is 0 Å². The van der Waals surface area contributed by atoms with Crippen LogP contribution in [0, 0.1) is 5.82 Å². The van der Waals surface area contributed by atoms with Gasteiger partial charge in [-0.1, -0.05) is 13.8 Å². The lowest BCUT2D eigenvalue weighted by molar-refractivity contribution is 0.455. The van der Waals surface area contributed by atoms with Gasteiger partial charge in [0.05, 0.1) is 4.47 Å². The van der Waals surface area contributed by atoms with E-state index in [0.29, 0.717) is 4.47 Å². The summed E-state index contributed by atoms with van der Waals surface area (Å²) >= 11 is 3.09. The van der Waals surface area contributed by atoms with Gasteiger partial charge in [-0.2, -0.15) is 0 Å². The molecule has 0 radical (unpaired) electrons. The molecule has 0 spiro atoms. The molecule has 0 fully saturated rings.